The van der Waals surface area contributed by atoms with E-state index in [1.54, 1.807) is 5.32 Å². The highest BCUT2D eigenvalue weighted by Crippen LogP contribution is 2.24. The number of benzene rings is 1. The smallest absolute Gasteiger partial charge is 0.383 e. The van der Waals surface area contributed by atoms with E-state index in [9.17, 15) is 22.4 Å². The molecule has 1 amide bonds. The molecule has 17 heavy (non-hydrogen) atoms. The van der Waals surface area contributed by atoms with Gasteiger partial charge in [0.2, 0.25) is 0 Å². The van der Waals surface area contributed by atoms with Gasteiger partial charge in [-0.1, -0.05) is 12.1 Å². The molecule has 0 aliphatic rings. The summed E-state index contributed by atoms with van der Waals surface area (Å²) in [6.07, 6.45) is -4.07. The quantitative estimate of drug-likeness (QED) is 0.804. The van der Waals surface area contributed by atoms with Gasteiger partial charge < -0.3 is 10.4 Å². The average molecular weight is 251 g/mol. The second-order valence-corrected chi connectivity index (χ2v) is 3.24. The number of anilines is 1. The number of halogens is 4. The maximum Gasteiger partial charge on any atom is 0.383 e. The zero-order valence-corrected chi connectivity index (χ0v) is 8.46. The van der Waals surface area contributed by atoms with E-state index < -0.39 is 18.3 Å². The molecule has 0 spiro atoms. The minimum absolute atomic E-state index is 0.0816. The van der Waals surface area contributed by atoms with Crippen LogP contribution in [0, 0.1) is 0 Å². The van der Waals surface area contributed by atoms with E-state index in [1.807, 2.05) is 0 Å². The van der Waals surface area contributed by atoms with Crippen molar-refractivity contribution in [3.63, 3.8) is 0 Å². The van der Waals surface area contributed by atoms with Gasteiger partial charge in [0.1, 0.15) is 0 Å². The lowest BCUT2D eigenvalue weighted by molar-refractivity contribution is -0.163. The SMILES string of the molecule is O=C(Nc1cccc(CO)c1)C(F)(F)C(F)F. The topological polar surface area (TPSA) is 49.3 Å². The minimum Gasteiger partial charge on any atom is -0.392 e. The largest absolute Gasteiger partial charge is 0.392 e. The molecule has 0 bridgehead atoms. The van der Waals surface area contributed by atoms with Crippen LogP contribution in [-0.2, 0) is 11.4 Å². The van der Waals surface area contributed by atoms with Crippen molar-refractivity contribution in [1.82, 2.24) is 0 Å². The zero-order valence-electron chi connectivity index (χ0n) is 8.46. The first kappa shape index (κ1) is 13.4. The Labute approximate surface area is 94.1 Å². The lowest BCUT2D eigenvalue weighted by Crippen LogP contribution is -2.40. The van der Waals surface area contributed by atoms with Gasteiger partial charge >= 0.3 is 18.3 Å². The number of rotatable bonds is 4. The Kier molecular flexibility index (Phi) is 4.06. The van der Waals surface area contributed by atoms with Gasteiger partial charge in [0.15, 0.2) is 0 Å². The molecular formula is C10H9F4NO2. The molecule has 7 heteroatoms. The Morgan fingerprint density at radius 2 is 2.06 bits per heavy atom. The van der Waals surface area contributed by atoms with E-state index in [0.29, 0.717) is 5.56 Å². The summed E-state index contributed by atoms with van der Waals surface area (Å²) in [6, 6.07) is 5.33. The molecule has 94 valence electrons. The molecule has 0 aliphatic carbocycles. The van der Waals surface area contributed by atoms with Crippen molar-refractivity contribution in [2.75, 3.05) is 5.32 Å². The Balaban J connectivity index is 2.81. The number of carbonyl (C=O) groups is 1. The average Bonchev–Trinajstić information content (AvgIpc) is 2.29. The summed E-state index contributed by atoms with van der Waals surface area (Å²) < 4.78 is 48.9. The third-order valence-electron chi connectivity index (χ3n) is 1.94. The van der Waals surface area contributed by atoms with Gasteiger partial charge in [-0.05, 0) is 17.7 Å². The van der Waals surface area contributed by atoms with Gasteiger partial charge in [-0.3, -0.25) is 4.79 Å². The van der Waals surface area contributed by atoms with Gasteiger partial charge in [-0.25, -0.2) is 8.78 Å². The normalized spacial score (nSPS) is 11.6. The van der Waals surface area contributed by atoms with Crippen LogP contribution in [0.15, 0.2) is 24.3 Å². The molecule has 0 saturated carbocycles. The summed E-state index contributed by atoms with van der Waals surface area (Å²) in [5, 5.41) is 10.4. The lowest BCUT2D eigenvalue weighted by Gasteiger charge is -2.15. The fourth-order valence-corrected chi connectivity index (χ4v) is 1.06. The molecule has 2 N–H and O–H groups in total. The van der Waals surface area contributed by atoms with Crippen molar-refractivity contribution in [3.8, 4) is 0 Å². The van der Waals surface area contributed by atoms with Crippen LogP contribution in [-0.4, -0.2) is 23.4 Å². The van der Waals surface area contributed by atoms with E-state index in [-0.39, 0.29) is 12.3 Å². The summed E-state index contributed by atoms with van der Waals surface area (Å²) in [5.41, 5.74) is 0.282. The first-order valence-electron chi connectivity index (χ1n) is 4.55. The molecule has 0 radical (unpaired) electrons. The predicted molar refractivity (Wildman–Crippen MR) is 51.9 cm³/mol. The standard InChI is InChI=1S/C10H9F4NO2/c11-8(12)10(13,14)9(17)15-7-3-1-2-6(4-7)5-16/h1-4,8,16H,5H2,(H,15,17). The molecule has 0 aliphatic heterocycles. The molecule has 1 aromatic rings. The second-order valence-electron chi connectivity index (χ2n) is 3.24. The maximum atomic E-state index is 12.6. The Hall–Kier alpha value is -1.63. The van der Waals surface area contributed by atoms with E-state index in [1.165, 1.54) is 24.3 Å². The number of nitrogens with one attached hydrogen (secondary N) is 1. The van der Waals surface area contributed by atoms with Gasteiger partial charge in [-0.15, -0.1) is 0 Å². The van der Waals surface area contributed by atoms with Crippen LogP contribution in [0.5, 0.6) is 0 Å². The number of aliphatic hydroxyl groups is 1. The number of aliphatic hydroxyl groups excluding tert-OH is 1. The number of alkyl halides is 4. The van der Waals surface area contributed by atoms with E-state index in [0.717, 1.165) is 0 Å². The Morgan fingerprint density at radius 1 is 1.41 bits per heavy atom. The van der Waals surface area contributed by atoms with Gasteiger partial charge in [0.05, 0.1) is 6.61 Å². The summed E-state index contributed by atoms with van der Waals surface area (Å²) in [4.78, 5) is 10.9. The number of hydrogen-bond acceptors (Lipinski definition) is 2. The second kappa shape index (κ2) is 5.13. The van der Waals surface area contributed by atoms with Crippen LogP contribution < -0.4 is 5.32 Å². The molecule has 0 fully saturated rings. The maximum absolute atomic E-state index is 12.6. The van der Waals surface area contributed by atoms with Crippen molar-refractivity contribution in [2.45, 2.75) is 19.0 Å². The molecule has 0 unspecified atom stereocenters. The highest BCUT2D eigenvalue weighted by atomic mass is 19.3. The van der Waals surface area contributed by atoms with E-state index >= 15 is 0 Å². The molecule has 1 rings (SSSR count). The van der Waals surface area contributed by atoms with Crippen LogP contribution in [0.25, 0.3) is 0 Å². The first-order chi connectivity index (χ1) is 7.87. The Bertz CT molecular complexity index is 409. The zero-order chi connectivity index (χ0) is 13.1. The highest BCUT2D eigenvalue weighted by Gasteiger charge is 2.48. The van der Waals surface area contributed by atoms with Crippen molar-refractivity contribution in [2.24, 2.45) is 0 Å². The van der Waals surface area contributed by atoms with Crippen molar-refractivity contribution in [1.29, 1.82) is 0 Å². The monoisotopic (exact) mass is 251 g/mol. The van der Waals surface area contributed by atoms with Crippen LogP contribution in [0.2, 0.25) is 0 Å². The van der Waals surface area contributed by atoms with Crippen LogP contribution in [0.3, 0.4) is 0 Å². The summed E-state index contributed by atoms with van der Waals surface area (Å²) >= 11 is 0. The molecule has 0 heterocycles. The van der Waals surface area contributed by atoms with Gasteiger partial charge in [0, 0.05) is 5.69 Å². The summed E-state index contributed by atoms with van der Waals surface area (Å²) in [5.74, 6) is -6.82. The fourth-order valence-electron chi connectivity index (χ4n) is 1.06. The first-order valence-corrected chi connectivity index (χ1v) is 4.55. The molecule has 3 nitrogen and oxygen atoms in total. The third kappa shape index (κ3) is 3.16. The minimum atomic E-state index is -4.74. The van der Waals surface area contributed by atoms with Crippen molar-refractivity contribution < 1.29 is 27.5 Å². The van der Waals surface area contributed by atoms with Gasteiger partial charge in [-0.2, -0.15) is 8.78 Å². The number of carbonyl (C=O) groups excluding carboxylic acids is 1. The van der Waals surface area contributed by atoms with Gasteiger partial charge in [0.25, 0.3) is 0 Å². The predicted octanol–water partition coefficient (Wildman–Crippen LogP) is 2.02. The van der Waals surface area contributed by atoms with Crippen molar-refractivity contribution in [3.05, 3.63) is 29.8 Å². The fraction of sp³-hybridized carbons (Fsp3) is 0.300. The highest BCUT2D eigenvalue weighted by molar-refractivity contribution is 5.96. The number of amides is 1. The van der Waals surface area contributed by atoms with E-state index in [4.69, 9.17) is 5.11 Å². The van der Waals surface area contributed by atoms with Crippen LogP contribution >= 0.6 is 0 Å². The summed E-state index contributed by atoms with van der Waals surface area (Å²) in [7, 11) is 0. The third-order valence-corrected chi connectivity index (χ3v) is 1.94. The molecular weight excluding hydrogens is 242 g/mol. The molecule has 0 saturated heterocycles. The Morgan fingerprint density at radius 3 is 2.59 bits per heavy atom. The van der Waals surface area contributed by atoms with E-state index in [2.05, 4.69) is 0 Å². The molecule has 0 atom stereocenters. The van der Waals surface area contributed by atoms with Crippen molar-refractivity contribution >= 4 is 11.6 Å². The number of hydrogen-bond donors (Lipinski definition) is 2. The molecule has 0 aromatic heterocycles. The van der Waals surface area contributed by atoms with Crippen LogP contribution in [0.4, 0.5) is 23.2 Å². The van der Waals surface area contributed by atoms with Crippen LogP contribution in [0.1, 0.15) is 5.56 Å². The lowest BCUT2D eigenvalue weighted by atomic mass is 10.2. The summed E-state index contributed by atoms with van der Waals surface area (Å²) in [6.45, 7) is -0.352. The molecule has 1 aromatic carbocycles.